The maximum absolute atomic E-state index is 6.13. The fourth-order valence-electron chi connectivity index (χ4n) is 1.46. The SMILES string of the molecule is CC(C)Oc1ccc(C(N)CSC(C)C)cc1. The summed E-state index contributed by atoms with van der Waals surface area (Å²) in [6, 6.07) is 8.22. The highest BCUT2D eigenvalue weighted by Crippen LogP contribution is 2.21. The molecule has 2 N–H and O–H groups in total. The van der Waals surface area contributed by atoms with Crippen molar-refractivity contribution >= 4 is 11.8 Å². The molecule has 1 atom stereocenters. The molecule has 1 aromatic rings. The van der Waals surface area contributed by atoms with Gasteiger partial charge in [-0.25, -0.2) is 0 Å². The molecule has 0 bridgehead atoms. The summed E-state index contributed by atoms with van der Waals surface area (Å²) in [6.07, 6.45) is 0.214. The van der Waals surface area contributed by atoms with Crippen molar-refractivity contribution in [2.45, 2.75) is 45.1 Å². The number of ether oxygens (including phenoxy) is 1. The molecule has 0 saturated heterocycles. The summed E-state index contributed by atoms with van der Waals surface area (Å²) in [5, 5.41) is 0.629. The molecule has 3 heteroatoms. The molecule has 96 valence electrons. The second kappa shape index (κ2) is 6.92. The first kappa shape index (κ1) is 14.4. The highest BCUT2D eigenvalue weighted by Gasteiger charge is 2.07. The van der Waals surface area contributed by atoms with E-state index in [-0.39, 0.29) is 12.1 Å². The Morgan fingerprint density at radius 3 is 2.18 bits per heavy atom. The first-order valence-corrected chi connectivity index (χ1v) is 7.17. The number of thioether (sulfide) groups is 1. The van der Waals surface area contributed by atoms with Crippen LogP contribution in [0.25, 0.3) is 0 Å². The number of rotatable bonds is 6. The Hall–Kier alpha value is -0.670. The third kappa shape index (κ3) is 5.46. The Kier molecular flexibility index (Phi) is 5.86. The van der Waals surface area contributed by atoms with Crippen molar-refractivity contribution in [2.75, 3.05) is 5.75 Å². The second-order valence-corrected chi connectivity index (χ2v) is 6.33. The lowest BCUT2D eigenvalue weighted by atomic mass is 10.1. The molecular weight excluding hydrogens is 230 g/mol. The van der Waals surface area contributed by atoms with Gasteiger partial charge in [0.1, 0.15) is 5.75 Å². The molecule has 0 amide bonds. The van der Waals surface area contributed by atoms with Crippen LogP contribution in [0.15, 0.2) is 24.3 Å². The molecule has 0 spiro atoms. The van der Waals surface area contributed by atoms with Gasteiger partial charge in [0.25, 0.3) is 0 Å². The minimum atomic E-state index is 0.107. The molecule has 17 heavy (non-hydrogen) atoms. The Morgan fingerprint density at radius 2 is 1.71 bits per heavy atom. The molecule has 0 radical (unpaired) electrons. The van der Waals surface area contributed by atoms with E-state index in [1.807, 2.05) is 37.7 Å². The largest absolute Gasteiger partial charge is 0.491 e. The minimum Gasteiger partial charge on any atom is -0.491 e. The highest BCUT2D eigenvalue weighted by atomic mass is 32.2. The van der Waals surface area contributed by atoms with Gasteiger partial charge in [-0.2, -0.15) is 11.8 Å². The van der Waals surface area contributed by atoms with E-state index < -0.39 is 0 Å². The fraction of sp³-hybridized carbons (Fsp3) is 0.571. The zero-order chi connectivity index (χ0) is 12.8. The predicted octanol–water partition coefficient (Wildman–Crippen LogP) is 3.62. The van der Waals surface area contributed by atoms with E-state index >= 15 is 0 Å². The van der Waals surface area contributed by atoms with E-state index in [0.717, 1.165) is 11.5 Å². The van der Waals surface area contributed by atoms with Crippen LogP contribution in [0.3, 0.4) is 0 Å². The summed E-state index contributed by atoms with van der Waals surface area (Å²) >= 11 is 1.89. The van der Waals surface area contributed by atoms with Gasteiger partial charge in [0.05, 0.1) is 6.10 Å². The monoisotopic (exact) mass is 253 g/mol. The molecule has 0 saturated carbocycles. The molecule has 0 fully saturated rings. The molecule has 1 aromatic carbocycles. The van der Waals surface area contributed by atoms with Crippen LogP contribution in [0.4, 0.5) is 0 Å². The zero-order valence-corrected chi connectivity index (χ0v) is 12.0. The summed E-state index contributed by atoms with van der Waals surface area (Å²) in [5.41, 5.74) is 7.31. The van der Waals surface area contributed by atoms with Crippen LogP contribution in [-0.2, 0) is 0 Å². The third-order valence-corrected chi connectivity index (χ3v) is 3.51. The van der Waals surface area contributed by atoms with Gasteiger partial charge < -0.3 is 10.5 Å². The molecule has 1 unspecified atom stereocenters. The standard InChI is InChI=1S/C14H23NOS/c1-10(2)16-13-7-5-12(6-8-13)14(15)9-17-11(3)4/h5-8,10-11,14H,9,15H2,1-4H3. The lowest BCUT2D eigenvalue weighted by Crippen LogP contribution is -2.14. The van der Waals surface area contributed by atoms with Gasteiger partial charge >= 0.3 is 0 Å². The molecule has 0 aromatic heterocycles. The Bertz CT molecular complexity index is 321. The Labute approximate surface area is 109 Å². The number of nitrogens with two attached hydrogens (primary N) is 1. The van der Waals surface area contributed by atoms with Gasteiger partial charge in [-0.05, 0) is 36.8 Å². The highest BCUT2D eigenvalue weighted by molar-refractivity contribution is 7.99. The Balaban J connectivity index is 2.54. The van der Waals surface area contributed by atoms with Gasteiger partial charge in [-0.15, -0.1) is 0 Å². The summed E-state index contributed by atoms with van der Waals surface area (Å²) in [4.78, 5) is 0. The van der Waals surface area contributed by atoms with Crippen LogP contribution in [0, 0.1) is 0 Å². The predicted molar refractivity (Wildman–Crippen MR) is 76.7 cm³/mol. The van der Waals surface area contributed by atoms with Gasteiger partial charge in [-0.3, -0.25) is 0 Å². The Morgan fingerprint density at radius 1 is 1.12 bits per heavy atom. The van der Waals surface area contributed by atoms with Crippen LogP contribution < -0.4 is 10.5 Å². The van der Waals surface area contributed by atoms with Gasteiger partial charge in [-0.1, -0.05) is 26.0 Å². The van der Waals surface area contributed by atoms with Crippen molar-refractivity contribution in [1.29, 1.82) is 0 Å². The maximum Gasteiger partial charge on any atom is 0.119 e. The van der Waals surface area contributed by atoms with Crippen molar-refractivity contribution in [3.8, 4) is 5.75 Å². The minimum absolute atomic E-state index is 0.107. The van der Waals surface area contributed by atoms with E-state index in [1.165, 1.54) is 5.56 Å². The van der Waals surface area contributed by atoms with Crippen LogP contribution in [0.2, 0.25) is 0 Å². The molecule has 1 rings (SSSR count). The fourth-order valence-corrected chi connectivity index (χ4v) is 2.24. The van der Waals surface area contributed by atoms with E-state index in [1.54, 1.807) is 0 Å². The maximum atomic E-state index is 6.13. The van der Waals surface area contributed by atoms with E-state index in [2.05, 4.69) is 26.0 Å². The van der Waals surface area contributed by atoms with Gasteiger partial charge in [0.15, 0.2) is 0 Å². The van der Waals surface area contributed by atoms with Crippen LogP contribution in [0.5, 0.6) is 5.75 Å². The van der Waals surface area contributed by atoms with E-state index in [9.17, 15) is 0 Å². The smallest absolute Gasteiger partial charge is 0.119 e. The van der Waals surface area contributed by atoms with Crippen LogP contribution in [-0.4, -0.2) is 17.1 Å². The summed E-state index contributed by atoms with van der Waals surface area (Å²) < 4.78 is 5.60. The summed E-state index contributed by atoms with van der Waals surface area (Å²) in [7, 11) is 0. The number of benzene rings is 1. The lowest BCUT2D eigenvalue weighted by Gasteiger charge is -2.15. The van der Waals surface area contributed by atoms with E-state index in [4.69, 9.17) is 10.5 Å². The van der Waals surface area contributed by atoms with Crippen molar-refractivity contribution in [3.63, 3.8) is 0 Å². The molecule has 0 heterocycles. The first-order valence-electron chi connectivity index (χ1n) is 6.13. The average molecular weight is 253 g/mol. The van der Waals surface area contributed by atoms with Crippen molar-refractivity contribution < 1.29 is 4.74 Å². The second-order valence-electron chi connectivity index (χ2n) is 4.72. The van der Waals surface area contributed by atoms with Gasteiger partial charge in [0.2, 0.25) is 0 Å². The first-order chi connectivity index (χ1) is 7.99. The summed E-state index contributed by atoms with van der Waals surface area (Å²) in [6.45, 7) is 8.44. The zero-order valence-electron chi connectivity index (χ0n) is 11.1. The van der Waals surface area contributed by atoms with Crippen molar-refractivity contribution in [1.82, 2.24) is 0 Å². The van der Waals surface area contributed by atoms with Gasteiger partial charge in [0, 0.05) is 11.8 Å². The third-order valence-electron chi connectivity index (χ3n) is 2.29. The number of hydrogen-bond acceptors (Lipinski definition) is 3. The quantitative estimate of drug-likeness (QED) is 0.841. The molecule has 2 nitrogen and oxygen atoms in total. The normalized spacial score (nSPS) is 13.1. The molecule has 0 aliphatic heterocycles. The topological polar surface area (TPSA) is 35.2 Å². The van der Waals surface area contributed by atoms with Crippen LogP contribution in [0.1, 0.15) is 39.3 Å². The van der Waals surface area contributed by atoms with Crippen LogP contribution >= 0.6 is 11.8 Å². The average Bonchev–Trinajstić information content (AvgIpc) is 2.26. The molecule has 0 aliphatic rings. The summed E-state index contributed by atoms with van der Waals surface area (Å²) in [5.74, 6) is 1.87. The van der Waals surface area contributed by atoms with Crippen molar-refractivity contribution in [2.24, 2.45) is 5.73 Å². The molecular formula is C14H23NOS. The molecule has 0 aliphatic carbocycles. The van der Waals surface area contributed by atoms with E-state index in [0.29, 0.717) is 5.25 Å². The number of hydrogen-bond donors (Lipinski definition) is 1. The lowest BCUT2D eigenvalue weighted by molar-refractivity contribution is 0.242. The van der Waals surface area contributed by atoms with Crippen molar-refractivity contribution in [3.05, 3.63) is 29.8 Å².